The molecule has 3 atom stereocenters. The number of anilines is 1. The molecule has 2 aliphatic heterocycles. The van der Waals surface area contributed by atoms with Crippen molar-refractivity contribution in [1.82, 2.24) is 14.9 Å². The van der Waals surface area contributed by atoms with Gasteiger partial charge in [0.25, 0.3) is 0 Å². The number of piperazine rings is 1. The molecule has 1 aromatic carbocycles. The minimum atomic E-state index is -3.59. The smallest absolute Gasteiger partial charge is 0.250 e. The van der Waals surface area contributed by atoms with Gasteiger partial charge in [0.2, 0.25) is 21.8 Å². The van der Waals surface area contributed by atoms with Crippen LogP contribution >= 0.6 is 11.3 Å². The van der Waals surface area contributed by atoms with E-state index >= 15 is 0 Å². The van der Waals surface area contributed by atoms with Crippen LogP contribution in [0.5, 0.6) is 0 Å². The van der Waals surface area contributed by atoms with E-state index in [1.807, 2.05) is 35.2 Å². The lowest BCUT2D eigenvalue weighted by Crippen LogP contribution is -2.57. The summed E-state index contributed by atoms with van der Waals surface area (Å²) in [6.07, 6.45) is 1.33. The molecule has 3 unspecified atom stereocenters. The molecule has 10 heteroatoms. The number of sulfonamides is 1. The van der Waals surface area contributed by atoms with Gasteiger partial charge >= 0.3 is 0 Å². The van der Waals surface area contributed by atoms with Crippen molar-refractivity contribution in [2.45, 2.75) is 41.6 Å². The molecule has 0 bridgehead atoms. The van der Waals surface area contributed by atoms with E-state index in [1.165, 1.54) is 0 Å². The normalized spacial score (nSPS) is 24.3. The third-order valence-electron chi connectivity index (χ3n) is 5.47. The molecule has 0 aliphatic carbocycles. The zero-order chi connectivity index (χ0) is 21.1. The fourth-order valence-corrected chi connectivity index (χ4v) is 6.32. The molecule has 2 fully saturated rings. The van der Waals surface area contributed by atoms with E-state index in [0.29, 0.717) is 32.4 Å². The minimum Gasteiger partial charge on any atom is -0.353 e. The molecule has 3 heterocycles. The molecule has 8 nitrogen and oxygen atoms in total. The third-order valence-corrected chi connectivity index (χ3v) is 8.38. The first-order valence-electron chi connectivity index (χ1n) is 9.86. The Bertz CT molecular complexity index is 995. The number of amides is 2. The number of thiophene rings is 1. The maximum absolute atomic E-state index is 12.5. The van der Waals surface area contributed by atoms with E-state index in [1.54, 1.807) is 17.5 Å². The number of rotatable bonds is 7. The van der Waals surface area contributed by atoms with E-state index in [-0.39, 0.29) is 34.1 Å². The molecule has 160 valence electrons. The molecule has 4 rings (SSSR count). The van der Waals surface area contributed by atoms with Crippen LogP contribution in [0.4, 0.5) is 5.69 Å². The molecular weight excluding hydrogens is 424 g/mol. The van der Waals surface area contributed by atoms with Gasteiger partial charge in [-0.1, -0.05) is 24.3 Å². The van der Waals surface area contributed by atoms with Crippen LogP contribution < -0.4 is 15.4 Å². The highest BCUT2D eigenvalue weighted by atomic mass is 32.2. The Morgan fingerprint density at radius 1 is 1.20 bits per heavy atom. The van der Waals surface area contributed by atoms with Gasteiger partial charge in [-0.25, -0.2) is 13.1 Å². The second kappa shape index (κ2) is 8.84. The molecule has 2 aromatic rings. The molecule has 0 radical (unpaired) electrons. The fourth-order valence-electron chi connectivity index (χ4n) is 4.07. The molecule has 1 aromatic heterocycles. The predicted molar refractivity (Wildman–Crippen MR) is 115 cm³/mol. The SMILES string of the molecule is O=C(CCC1CNC(=O)C2CC(NS(=O)(=O)c3cccs3)CN12)Nc1ccccc1. The van der Waals surface area contributed by atoms with Crippen molar-refractivity contribution >= 4 is 38.9 Å². The van der Waals surface area contributed by atoms with Crippen LogP contribution in [0.2, 0.25) is 0 Å². The molecule has 2 amide bonds. The average Bonchev–Trinajstić information content (AvgIpc) is 3.39. The number of fused-ring (bicyclic) bond motifs is 1. The van der Waals surface area contributed by atoms with E-state index < -0.39 is 10.0 Å². The van der Waals surface area contributed by atoms with Crippen molar-refractivity contribution in [3.8, 4) is 0 Å². The zero-order valence-corrected chi connectivity index (χ0v) is 17.9. The molecular formula is C20H24N4O4S2. The summed E-state index contributed by atoms with van der Waals surface area (Å²) in [4.78, 5) is 26.7. The Hall–Kier alpha value is -2.27. The van der Waals surface area contributed by atoms with Gasteiger partial charge in [-0.3, -0.25) is 14.5 Å². The average molecular weight is 449 g/mol. The Labute approximate surface area is 179 Å². The van der Waals surface area contributed by atoms with Crippen LogP contribution in [-0.2, 0) is 19.6 Å². The van der Waals surface area contributed by atoms with Crippen molar-refractivity contribution in [2.75, 3.05) is 18.4 Å². The number of hydrogen-bond acceptors (Lipinski definition) is 6. The van der Waals surface area contributed by atoms with Crippen molar-refractivity contribution < 1.29 is 18.0 Å². The maximum Gasteiger partial charge on any atom is 0.250 e. The first kappa shape index (κ1) is 21.0. The number of benzene rings is 1. The van der Waals surface area contributed by atoms with Gasteiger partial charge in [0.1, 0.15) is 4.21 Å². The summed E-state index contributed by atoms with van der Waals surface area (Å²) in [5, 5.41) is 7.49. The monoisotopic (exact) mass is 448 g/mol. The summed E-state index contributed by atoms with van der Waals surface area (Å²) < 4.78 is 28.1. The lowest BCUT2D eigenvalue weighted by molar-refractivity contribution is -0.129. The minimum absolute atomic E-state index is 0.00883. The largest absolute Gasteiger partial charge is 0.353 e. The molecule has 0 saturated carbocycles. The summed E-state index contributed by atoms with van der Waals surface area (Å²) in [6, 6.07) is 11.8. The van der Waals surface area contributed by atoms with Crippen LogP contribution in [-0.4, -0.2) is 56.3 Å². The maximum atomic E-state index is 12.5. The van der Waals surface area contributed by atoms with Crippen LogP contribution in [0.1, 0.15) is 19.3 Å². The van der Waals surface area contributed by atoms with Gasteiger partial charge in [-0.2, -0.15) is 0 Å². The first-order valence-corrected chi connectivity index (χ1v) is 12.2. The van der Waals surface area contributed by atoms with Crippen molar-refractivity contribution in [3.63, 3.8) is 0 Å². The second-order valence-electron chi connectivity index (χ2n) is 7.55. The van der Waals surface area contributed by atoms with Gasteiger partial charge in [-0.15, -0.1) is 11.3 Å². The predicted octanol–water partition coefficient (Wildman–Crippen LogP) is 1.39. The van der Waals surface area contributed by atoms with Crippen LogP contribution in [0, 0.1) is 0 Å². The van der Waals surface area contributed by atoms with Gasteiger partial charge in [0, 0.05) is 37.3 Å². The molecule has 0 spiro atoms. The van der Waals surface area contributed by atoms with Crippen molar-refractivity contribution in [3.05, 3.63) is 47.8 Å². The highest BCUT2D eigenvalue weighted by Gasteiger charge is 2.44. The second-order valence-corrected chi connectivity index (χ2v) is 10.4. The number of nitrogens with one attached hydrogen (secondary N) is 3. The van der Waals surface area contributed by atoms with E-state index in [2.05, 4.69) is 15.4 Å². The molecule has 2 aliphatic rings. The van der Waals surface area contributed by atoms with E-state index in [4.69, 9.17) is 0 Å². The Kier molecular flexibility index (Phi) is 6.19. The number of para-hydroxylation sites is 1. The lowest BCUT2D eigenvalue weighted by Gasteiger charge is -2.37. The summed E-state index contributed by atoms with van der Waals surface area (Å²) in [7, 11) is -3.59. The Balaban J connectivity index is 1.36. The lowest BCUT2D eigenvalue weighted by atomic mass is 10.0. The standard InChI is InChI=1S/C20H24N4O4S2/c25-18(22-14-5-2-1-3-6-14)9-8-16-12-21-20(26)17-11-15(13-24(16)17)23-30(27,28)19-7-4-10-29-19/h1-7,10,15-17,23H,8-9,11-13H2,(H,21,26)(H,22,25). The van der Waals surface area contributed by atoms with Crippen LogP contribution in [0.25, 0.3) is 0 Å². The van der Waals surface area contributed by atoms with Gasteiger partial charge in [0.15, 0.2) is 0 Å². The van der Waals surface area contributed by atoms with Gasteiger partial charge in [-0.05, 0) is 36.4 Å². The van der Waals surface area contributed by atoms with E-state index in [9.17, 15) is 18.0 Å². The third kappa shape index (κ3) is 4.72. The molecule has 30 heavy (non-hydrogen) atoms. The number of carbonyl (C=O) groups is 2. The van der Waals surface area contributed by atoms with Crippen molar-refractivity contribution in [1.29, 1.82) is 0 Å². The van der Waals surface area contributed by atoms with Crippen LogP contribution in [0.15, 0.2) is 52.1 Å². The summed E-state index contributed by atoms with van der Waals surface area (Å²) in [5.41, 5.74) is 0.751. The molecule has 3 N–H and O–H groups in total. The van der Waals surface area contributed by atoms with Gasteiger partial charge in [0.05, 0.1) is 6.04 Å². The number of carbonyl (C=O) groups excluding carboxylic acids is 2. The summed E-state index contributed by atoms with van der Waals surface area (Å²) >= 11 is 1.16. The quantitative estimate of drug-likeness (QED) is 0.593. The highest BCUT2D eigenvalue weighted by Crippen LogP contribution is 2.27. The topological polar surface area (TPSA) is 108 Å². The molecule has 2 saturated heterocycles. The Morgan fingerprint density at radius 3 is 2.73 bits per heavy atom. The van der Waals surface area contributed by atoms with Gasteiger partial charge < -0.3 is 10.6 Å². The zero-order valence-electron chi connectivity index (χ0n) is 16.3. The number of hydrogen-bond donors (Lipinski definition) is 3. The fraction of sp³-hybridized carbons (Fsp3) is 0.400. The Morgan fingerprint density at radius 2 is 2.00 bits per heavy atom. The highest BCUT2D eigenvalue weighted by molar-refractivity contribution is 7.91. The van der Waals surface area contributed by atoms with E-state index in [0.717, 1.165) is 17.0 Å². The summed E-state index contributed by atoms with van der Waals surface area (Å²) in [5.74, 6) is -0.165. The number of nitrogens with zero attached hydrogens (tertiary/aromatic N) is 1. The first-order chi connectivity index (χ1) is 14.4. The van der Waals surface area contributed by atoms with Crippen LogP contribution in [0.3, 0.4) is 0 Å². The summed E-state index contributed by atoms with van der Waals surface area (Å²) in [6.45, 7) is 0.909. The van der Waals surface area contributed by atoms with Crippen molar-refractivity contribution in [2.24, 2.45) is 0 Å².